The Hall–Kier alpha value is -1.36. The summed E-state index contributed by atoms with van der Waals surface area (Å²) in [5, 5.41) is 7.23. The maximum atomic E-state index is 12.5. The van der Waals surface area contributed by atoms with Crippen LogP contribution in [0.2, 0.25) is 0 Å². The van der Waals surface area contributed by atoms with Crippen molar-refractivity contribution in [2.75, 3.05) is 13.1 Å². The Morgan fingerprint density at radius 3 is 2.50 bits per heavy atom. The van der Waals surface area contributed by atoms with Crippen LogP contribution in [0.4, 0.5) is 0 Å². The summed E-state index contributed by atoms with van der Waals surface area (Å²) < 4.78 is 1.85. The molecular weight excluding hydrogens is 252 g/mol. The summed E-state index contributed by atoms with van der Waals surface area (Å²) in [6, 6.07) is 0. The van der Waals surface area contributed by atoms with Crippen LogP contribution in [0.1, 0.15) is 45.1 Å². The Balaban J connectivity index is 2.53. The molecule has 5 nitrogen and oxygen atoms in total. The molecule has 0 atom stereocenters. The molecule has 3 N–H and O–H groups in total. The third-order valence-corrected chi connectivity index (χ3v) is 3.72. The summed E-state index contributed by atoms with van der Waals surface area (Å²) in [7, 11) is 0. The lowest BCUT2D eigenvalue weighted by Gasteiger charge is -2.30. The lowest BCUT2D eigenvalue weighted by molar-refractivity contribution is -0.131. The molecule has 1 aromatic heterocycles. The summed E-state index contributed by atoms with van der Waals surface area (Å²) in [5.41, 5.74) is 6.62. The molecule has 0 saturated heterocycles. The molecule has 0 aliphatic rings. The molecule has 1 amide bonds. The third-order valence-electron chi connectivity index (χ3n) is 3.72. The number of nitrogens with two attached hydrogens (primary N) is 1. The topological polar surface area (TPSA) is 72.9 Å². The zero-order valence-electron chi connectivity index (χ0n) is 13.0. The number of aromatic nitrogens is 2. The van der Waals surface area contributed by atoms with Crippen molar-refractivity contribution in [1.29, 1.82) is 0 Å². The first kappa shape index (κ1) is 16.7. The van der Waals surface area contributed by atoms with Crippen LogP contribution in [-0.4, -0.2) is 28.8 Å². The SMILES string of the molecule is CCCC(CN)(CCC)C(=O)NCCn1cc(C)cn1. The molecule has 20 heavy (non-hydrogen) atoms. The highest BCUT2D eigenvalue weighted by molar-refractivity contribution is 5.82. The van der Waals surface area contributed by atoms with E-state index in [1.807, 2.05) is 24.0 Å². The van der Waals surface area contributed by atoms with Gasteiger partial charge in [-0.3, -0.25) is 9.48 Å². The largest absolute Gasteiger partial charge is 0.354 e. The third kappa shape index (κ3) is 4.34. The molecule has 0 unspecified atom stereocenters. The minimum absolute atomic E-state index is 0.0904. The number of amides is 1. The van der Waals surface area contributed by atoms with E-state index in [1.54, 1.807) is 0 Å². The molecule has 5 heteroatoms. The standard InChI is InChI=1S/C15H28N4O/c1-4-6-15(12-16,7-5-2)14(20)17-8-9-19-11-13(3)10-18-19/h10-11H,4-9,12,16H2,1-3H3,(H,17,20). The Morgan fingerprint density at radius 1 is 1.40 bits per heavy atom. The molecule has 1 aromatic rings. The van der Waals surface area contributed by atoms with Crippen molar-refractivity contribution in [3.63, 3.8) is 0 Å². The summed E-state index contributed by atoms with van der Waals surface area (Å²) in [4.78, 5) is 12.5. The molecule has 0 saturated carbocycles. The summed E-state index contributed by atoms with van der Waals surface area (Å²) in [6.45, 7) is 7.90. The van der Waals surface area contributed by atoms with Crippen molar-refractivity contribution >= 4 is 5.91 Å². The van der Waals surface area contributed by atoms with Gasteiger partial charge in [-0.1, -0.05) is 26.7 Å². The van der Waals surface area contributed by atoms with Gasteiger partial charge in [-0.15, -0.1) is 0 Å². The maximum absolute atomic E-state index is 12.5. The number of hydrogen-bond donors (Lipinski definition) is 2. The van der Waals surface area contributed by atoms with Crippen molar-refractivity contribution in [2.24, 2.45) is 11.1 Å². The van der Waals surface area contributed by atoms with Crippen LogP contribution >= 0.6 is 0 Å². The second-order valence-electron chi connectivity index (χ2n) is 5.52. The number of rotatable bonds is 9. The number of nitrogens with zero attached hydrogens (tertiary/aromatic N) is 2. The normalized spacial score (nSPS) is 11.6. The molecule has 0 radical (unpaired) electrons. The molecule has 0 bridgehead atoms. The number of nitrogens with one attached hydrogen (secondary N) is 1. The Bertz CT molecular complexity index is 408. The van der Waals surface area contributed by atoms with E-state index in [4.69, 9.17) is 5.73 Å². The van der Waals surface area contributed by atoms with Gasteiger partial charge in [-0.25, -0.2) is 0 Å². The van der Waals surface area contributed by atoms with Gasteiger partial charge in [-0.05, 0) is 25.3 Å². The molecular formula is C15H28N4O. The fourth-order valence-electron chi connectivity index (χ4n) is 2.67. The van der Waals surface area contributed by atoms with E-state index in [0.717, 1.165) is 31.2 Å². The lowest BCUT2D eigenvalue weighted by Crippen LogP contribution is -2.46. The van der Waals surface area contributed by atoms with Crippen molar-refractivity contribution in [3.8, 4) is 0 Å². The molecule has 0 aromatic carbocycles. The number of carbonyl (C=O) groups excluding carboxylic acids is 1. The smallest absolute Gasteiger partial charge is 0.227 e. The quantitative estimate of drug-likeness (QED) is 0.725. The van der Waals surface area contributed by atoms with Crippen LogP contribution in [0.3, 0.4) is 0 Å². The predicted octanol–water partition coefficient (Wildman–Crippen LogP) is 1.85. The fourth-order valence-corrected chi connectivity index (χ4v) is 2.67. The van der Waals surface area contributed by atoms with Gasteiger partial charge < -0.3 is 11.1 Å². The van der Waals surface area contributed by atoms with Gasteiger partial charge in [0.05, 0.1) is 18.2 Å². The number of aryl methyl sites for hydroxylation is 1. The average molecular weight is 280 g/mol. The van der Waals surface area contributed by atoms with E-state index in [2.05, 4.69) is 24.3 Å². The lowest BCUT2D eigenvalue weighted by atomic mass is 9.78. The molecule has 0 aliphatic heterocycles. The van der Waals surface area contributed by atoms with Gasteiger partial charge in [-0.2, -0.15) is 5.10 Å². The zero-order valence-corrected chi connectivity index (χ0v) is 13.0. The van der Waals surface area contributed by atoms with Gasteiger partial charge >= 0.3 is 0 Å². The summed E-state index contributed by atoms with van der Waals surface area (Å²) in [6.07, 6.45) is 7.45. The van der Waals surface area contributed by atoms with Crippen molar-refractivity contribution in [3.05, 3.63) is 18.0 Å². The predicted molar refractivity (Wildman–Crippen MR) is 81.3 cm³/mol. The maximum Gasteiger partial charge on any atom is 0.227 e. The molecule has 0 aliphatic carbocycles. The summed E-state index contributed by atoms with van der Waals surface area (Å²) in [5.74, 6) is 0.0904. The first-order valence-corrected chi connectivity index (χ1v) is 7.55. The van der Waals surface area contributed by atoms with E-state index in [0.29, 0.717) is 19.6 Å². The van der Waals surface area contributed by atoms with Crippen molar-refractivity contribution in [2.45, 2.75) is 53.0 Å². The highest BCUT2D eigenvalue weighted by atomic mass is 16.2. The zero-order chi connectivity index (χ0) is 15.0. The summed E-state index contributed by atoms with van der Waals surface area (Å²) >= 11 is 0. The number of hydrogen-bond acceptors (Lipinski definition) is 3. The molecule has 0 fully saturated rings. The van der Waals surface area contributed by atoms with Crippen LogP contribution in [-0.2, 0) is 11.3 Å². The van der Waals surface area contributed by atoms with Gasteiger partial charge in [0.25, 0.3) is 0 Å². The second kappa shape index (κ2) is 8.04. The minimum Gasteiger partial charge on any atom is -0.354 e. The van der Waals surface area contributed by atoms with E-state index < -0.39 is 5.41 Å². The fraction of sp³-hybridized carbons (Fsp3) is 0.733. The molecule has 1 rings (SSSR count). The van der Waals surface area contributed by atoms with E-state index in [1.165, 1.54) is 0 Å². The van der Waals surface area contributed by atoms with E-state index in [-0.39, 0.29) is 5.91 Å². The monoisotopic (exact) mass is 280 g/mol. The van der Waals surface area contributed by atoms with Crippen LogP contribution < -0.4 is 11.1 Å². The minimum atomic E-state index is -0.399. The highest BCUT2D eigenvalue weighted by Crippen LogP contribution is 2.28. The molecule has 0 spiro atoms. The van der Waals surface area contributed by atoms with E-state index in [9.17, 15) is 4.79 Å². The van der Waals surface area contributed by atoms with Gasteiger partial charge in [0.15, 0.2) is 0 Å². The first-order chi connectivity index (χ1) is 9.57. The number of carbonyl (C=O) groups is 1. The van der Waals surface area contributed by atoms with Crippen molar-refractivity contribution in [1.82, 2.24) is 15.1 Å². The highest BCUT2D eigenvalue weighted by Gasteiger charge is 2.34. The van der Waals surface area contributed by atoms with Crippen LogP contribution in [0.25, 0.3) is 0 Å². The molecule has 114 valence electrons. The molecule has 1 heterocycles. The second-order valence-corrected chi connectivity index (χ2v) is 5.52. The first-order valence-electron chi connectivity index (χ1n) is 7.55. The van der Waals surface area contributed by atoms with Crippen LogP contribution in [0.5, 0.6) is 0 Å². The van der Waals surface area contributed by atoms with Gasteiger partial charge in [0.1, 0.15) is 0 Å². The average Bonchev–Trinajstić information content (AvgIpc) is 2.84. The van der Waals surface area contributed by atoms with Gasteiger partial charge in [0.2, 0.25) is 5.91 Å². The van der Waals surface area contributed by atoms with Gasteiger partial charge in [0, 0.05) is 19.3 Å². The van der Waals surface area contributed by atoms with Crippen LogP contribution in [0.15, 0.2) is 12.4 Å². The van der Waals surface area contributed by atoms with E-state index >= 15 is 0 Å². The Kier molecular flexibility index (Phi) is 6.71. The Labute approximate surface area is 121 Å². The van der Waals surface area contributed by atoms with Crippen LogP contribution in [0, 0.1) is 12.3 Å². The van der Waals surface area contributed by atoms with Crippen molar-refractivity contribution < 1.29 is 4.79 Å². The Morgan fingerprint density at radius 2 is 2.05 bits per heavy atom.